The molecule has 0 aromatic heterocycles. The maximum atomic E-state index is 13.6. The van der Waals surface area contributed by atoms with Crippen LogP contribution in [-0.4, -0.2) is 6.54 Å². The molecule has 1 aromatic carbocycles. The summed E-state index contributed by atoms with van der Waals surface area (Å²) in [6, 6.07) is 3.07. The van der Waals surface area contributed by atoms with Crippen molar-refractivity contribution in [3.63, 3.8) is 0 Å². The highest BCUT2D eigenvalue weighted by Gasteiger charge is 2.34. The molecule has 1 N–H and O–H groups in total. The number of alkyl halides is 3. The number of hydrogen-bond acceptors (Lipinski definition) is 1. The molecule has 0 aliphatic heterocycles. The lowest BCUT2D eigenvalue weighted by atomic mass is 9.93. The zero-order valence-electron chi connectivity index (χ0n) is 12.0. The Morgan fingerprint density at radius 1 is 1.20 bits per heavy atom. The van der Waals surface area contributed by atoms with E-state index in [0.717, 1.165) is 25.0 Å². The maximum Gasteiger partial charge on any atom is 0.419 e. The number of halogens is 4. The van der Waals surface area contributed by atoms with E-state index in [1.54, 1.807) is 0 Å². The molecule has 2 unspecified atom stereocenters. The fourth-order valence-corrected chi connectivity index (χ4v) is 2.13. The summed E-state index contributed by atoms with van der Waals surface area (Å²) in [7, 11) is 0. The summed E-state index contributed by atoms with van der Waals surface area (Å²) in [5, 5.41) is 3.20. The van der Waals surface area contributed by atoms with E-state index in [1.165, 1.54) is 6.07 Å². The van der Waals surface area contributed by atoms with Crippen LogP contribution in [0.3, 0.4) is 0 Å². The van der Waals surface area contributed by atoms with Crippen molar-refractivity contribution in [2.45, 2.75) is 45.8 Å². The topological polar surface area (TPSA) is 12.0 Å². The van der Waals surface area contributed by atoms with Crippen LogP contribution in [0.5, 0.6) is 0 Å². The SMILES string of the molecule is CCNC(CC(C)CC)c1ccc(C(F)(F)F)c(F)c1. The van der Waals surface area contributed by atoms with Crippen molar-refractivity contribution < 1.29 is 17.6 Å². The third kappa shape index (κ3) is 4.47. The van der Waals surface area contributed by atoms with E-state index >= 15 is 0 Å². The van der Waals surface area contributed by atoms with E-state index < -0.39 is 17.6 Å². The quantitative estimate of drug-likeness (QED) is 0.733. The summed E-state index contributed by atoms with van der Waals surface area (Å²) in [5.74, 6) is -0.786. The van der Waals surface area contributed by atoms with Gasteiger partial charge in [-0.25, -0.2) is 4.39 Å². The van der Waals surface area contributed by atoms with Gasteiger partial charge in [-0.3, -0.25) is 0 Å². The van der Waals surface area contributed by atoms with E-state index in [1.807, 2.05) is 6.92 Å². The molecule has 1 aromatic rings. The van der Waals surface area contributed by atoms with Gasteiger partial charge in [-0.1, -0.05) is 33.3 Å². The lowest BCUT2D eigenvalue weighted by Crippen LogP contribution is -2.23. The van der Waals surface area contributed by atoms with Crippen LogP contribution in [0.1, 0.15) is 50.8 Å². The van der Waals surface area contributed by atoms with Gasteiger partial charge in [0.15, 0.2) is 0 Å². The number of nitrogens with one attached hydrogen (secondary N) is 1. The summed E-state index contributed by atoms with van der Waals surface area (Å²) in [6.07, 6.45) is -2.90. The monoisotopic (exact) mass is 291 g/mol. The Labute approximate surface area is 117 Å². The van der Waals surface area contributed by atoms with Crippen LogP contribution in [0.4, 0.5) is 17.6 Å². The molecule has 0 aliphatic rings. The van der Waals surface area contributed by atoms with Crippen LogP contribution in [0.15, 0.2) is 18.2 Å². The van der Waals surface area contributed by atoms with Gasteiger partial charge in [0, 0.05) is 6.04 Å². The summed E-state index contributed by atoms with van der Waals surface area (Å²) < 4.78 is 51.2. The van der Waals surface area contributed by atoms with Crippen molar-refractivity contribution in [1.82, 2.24) is 5.32 Å². The molecule has 1 nitrogen and oxygen atoms in total. The fourth-order valence-electron chi connectivity index (χ4n) is 2.13. The van der Waals surface area contributed by atoms with Crippen molar-refractivity contribution >= 4 is 0 Å². The number of rotatable bonds is 6. The molecule has 0 aliphatic carbocycles. The summed E-state index contributed by atoms with van der Waals surface area (Å²) in [6.45, 7) is 6.74. The molecule has 114 valence electrons. The number of hydrogen-bond donors (Lipinski definition) is 1. The van der Waals surface area contributed by atoms with Gasteiger partial charge in [0.05, 0.1) is 5.56 Å². The molecule has 0 fully saturated rings. The van der Waals surface area contributed by atoms with E-state index in [9.17, 15) is 17.6 Å². The first-order valence-electron chi connectivity index (χ1n) is 6.89. The zero-order chi connectivity index (χ0) is 15.3. The normalized spacial score (nSPS) is 15.2. The molecule has 0 radical (unpaired) electrons. The van der Waals surface area contributed by atoms with Crippen molar-refractivity contribution in [2.24, 2.45) is 5.92 Å². The Morgan fingerprint density at radius 3 is 2.30 bits per heavy atom. The largest absolute Gasteiger partial charge is 0.419 e. The molecule has 20 heavy (non-hydrogen) atoms. The van der Waals surface area contributed by atoms with Gasteiger partial charge < -0.3 is 5.32 Å². The van der Waals surface area contributed by atoms with Crippen LogP contribution in [-0.2, 0) is 6.18 Å². The lowest BCUT2D eigenvalue weighted by molar-refractivity contribution is -0.140. The van der Waals surface area contributed by atoms with Crippen LogP contribution >= 0.6 is 0 Å². The predicted molar refractivity (Wildman–Crippen MR) is 71.9 cm³/mol. The summed E-state index contributed by atoms with van der Waals surface area (Å²) in [5.41, 5.74) is -0.641. The minimum atomic E-state index is -4.65. The van der Waals surface area contributed by atoms with Gasteiger partial charge >= 0.3 is 6.18 Å². The summed E-state index contributed by atoms with van der Waals surface area (Å²) >= 11 is 0. The van der Waals surface area contributed by atoms with E-state index in [-0.39, 0.29) is 6.04 Å². The fraction of sp³-hybridized carbons (Fsp3) is 0.600. The van der Waals surface area contributed by atoms with Crippen LogP contribution in [0.25, 0.3) is 0 Å². The van der Waals surface area contributed by atoms with Crippen molar-refractivity contribution in [1.29, 1.82) is 0 Å². The molecule has 0 saturated heterocycles. The van der Waals surface area contributed by atoms with E-state index in [4.69, 9.17) is 0 Å². The van der Waals surface area contributed by atoms with Gasteiger partial charge in [-0.05, 0) is 36.6 Å². The van der Waals surface area contributed by atoms with E-state index in [2.05, 4.69) is 19.2 Å². The van der Waals surface area contributed by atoms with Crippen LogP contribution in [0, 0.1) is 11.7 Å². The third-order valence-electron chi connectivity index (χ3n) is 3.49. The third-order valence-corrected chi connectivity index (χ3v) is 3.49. The molecule has 2 atom stereocenters. The predicted octanol–water partition coefficient (Wildman–Crippen LogP) is 4.93. The Kier molecular flexibility index (Phi) is 5.99. The first kappa shape index (κ1) is 17.0. The minimum absolute atomic E-state index is 0.119. The maximum absolute atomic E-state index is 13.6. The minimum Gasteiger partial charge on any atom is -0.310 e. The second-order valence-electron chi connectivity index (χ2n) is 5.10. The highest BCUT2D eigenvalue weighted by atomic mass is 19.4. The second-order valence-corrected chi connectivity index (χ2v) is 5.10. The Hall–Kier alpha value is -1.10. The molecule has 0 heterocycles. The molecule has 0 amide bonds. The Balaban J connectivity index is 3.00. The molecular weight excluding hydrogens is 270 g/mol. The van der Waals surface area contributed by atoms with Crippen molar-refractivity contribution in [3.8, 4) is 0 Å². The molecule has 1 rings (SSSR count). The second kappa shape index (κ2) is 7.07. The Bertz CT molecular complexity index is 428. The lowest BCUT2D eigenvalue weighted by Gasteiger charge is -2.22. The number of benzene rings is 1. The molecule has 0 bridgehead atoms. The molecule has 5 heteroatoms. The average molecular weight is 291 g/mol. The van der Waals surface area contributed by atoms with E-state index in [0.29, 0.717) is 18.0 Å². The van der Waals surface area contributed by atoms with Crippen LogP contribution < -0.4 is 5.32 Å². The zero-order valence-corrected chi connectivity index (χ0v) is 12.0. The average Bonchev–Trinajstić information content (AvgIpc) is 2.36. The van der Waals surface area contributed by atoms with Gasteiger partial charge in [0.2, 0.25) is 0 Å². The molecular formula is C15H21F4N. The molecule has 0 saturated carbocycles. The van der Waals surface area contributed by atoms with Crippen molar-refractivity contribution in [2.75, 3.05) is 6.54 Å². The van der Waals surface area contributed by atoms with Crippen LogP contribution in [0.2, 0.25) is 0 Å². The molecule has 0 spiro atoms. The smallest absolute Gasteiger partial charge is 0.310 e. The Morgan fingerprint density at radius 2 is 1.85 bits per heavy atom. The highest BCUT2D eigenvalue weighted by Crippen LogP contribution is 2.33. The summed E-state index contributed by atoms with van der Waals surface area (Å²) in [4.78, 5) is 0. The van der Waals surface area contributed by atoms with Crippen molar-refractivity contribution in [3.05, 3.63) is 35.1 Å². The first-order chi connectivity index (χ1) is 9.29. The highest BCUT2D eigenvalue weighted by molar-refractivity contribution is 5.28. The van der Waals surface area contributed by atoms with Gasteiger partial charge in [-0.2, -0.15) is 13.2 Å². The standard InChI is InChI=1S/C15H21F4N/c1-4-10(3)8-14(20-5-2)11-6-7-12(13(16)9-11)15(17,18)19/h6-7,9-10,14,20H,4-5,8H2,1-3H3. The first-order valence-corrected chi connectivity index (χ1v) is 6.89. The van der Waals surface area contributed by atoms with Gasteiger partial charge in [-0.15, -0.1) is 0 Å². The van der Waals surface area contributed by atoms with Gasteiger partial charge in [0.1, 0.15) is 5.82 Å². The van der Waals surface area contributed by atoms with Gasteiger partial charge in [0.25, 0.3) is 0 Å².